The molecule has 2 fully saturated rings. The number of esters is 1. The molecular weight excluding hydrogens is 571 g/mol. The number of aryl methyl sites for hydroxylation is 1. The number of methoxy groups -OCH3 is 1. The molecule has 0 unspecified atom stereocenters. The Morgan fingerprint density at radius 1 is 1.07 bits per heavy atom. The number of ether oxygens (including phenoxy) is 1. The summed E-state index contributed by atoms with van der Waals surface area (Å²) in [6.45, 7) is 3.68. The van der Waals surface area contributed by atoms with Crippen LogP contribution in [-0.4, -0.2) is 54.6 Å². The van der Waals surface area contributed by atoms with Crippen molar-refractivity contribution in [3.05, 3.63) is 70.0 Å². The lowest BCUT2D eigenvalue weighted by atomic mass is 9.73. The molecule has 2 aliphatic rings. The predicted octanol–water partition coefficient (Wildman–Crippen LogP) is 6.64. The molecule has 0 aromatic heterocycles. The minimum absolute atomic E-state index is 0.0434. The lowest BCUT2D eigenvalue weighted by molar-refractivity contribution is -0.148. The van der Waals surface area contributed by atoms with Gasteiger partial charge in [0, 0.05) is 19.1 Å². The summed E-state index contributed by atoms with van der Waals surface area (Å²) in [6.07, 6.45) is -8.94. The van der Waals surface area contributed by atoms with Crippen LogP contribution in [0.4, 0.5) is 35.5 Å². The highest BCUT2D eigenvalue weighted by Gasteiger charge is 2.53. The second-order valence-corrected chi connectivity index (χ2v) is 11.0. The van der Waals surface area contributed by atoms with Crippen LogP contribution in [0, 0.1) is 18.7 Å². The predicted molar refractivity (Wildman–Crippen MR) is 139 cm³/mol. The van der Waals surface area contributed by atoms with Crippen molar-refractivity contribution in [2.45, 2.75) is 63.1 Å². The van der Waals surface area contributed by atoms with Crippen molar-refractivity contribution in [2.24, 2.45) is 5.92 Å². The molecule has 1 spiro atoms. The number of amides is 2. The first-order valence-electron chi connectivity index (χ1n) is 13.4. The molecule has 1 N–H and O–H groups in total. The second kappa shape index (κ2) is 11.4. The van der Waals surface area contributed by atoms with Gasteiger partial charge in [0.15, 0.2) is 0 Å². The number of carbonyl (C=O) groups excluding carboxylic acids is 2. The van der Waals surface area contributed by atoms with Gasteiger partial charge in [-0.25, -0.2) is 9.18 Å². The first-order chi connectivity index (χ1) is 19.5. The van der Waals surface area contributed by atoms with Crippen molar-refractivity contribution >= 4 is 12.0 Å². The van der Waals surface area contributed by atoms with Crippen LogP contribution in [0.15, 0.2) is 36.4 Å². The van der Waals surface area contributed by atoms with Gasteiger partial charge in [0.2, 0.25) is 0 Å². The number of piperidine rings is 1. The van der Waals surface area contributed by atoms with E-state index < -0.39 is 64.8 Å². The van der Waals surface area contributed by atoms with Gasteiger partial charge >= 0.3 is 24.4 Å². The van der Waals surface area contributed by atoms with E-state index in [2.05, 4.69) is 5.32 Å². The first-order valence-corrected chi connectivity index (χ1v) is 13.4. The van der Waals surface area contributed by atoms with Crippen molar-refractivity contribution in [1.29, 1.82) is 0 Å². The SMILES string of the molecule is COC(=O)[C@H]1CCN[C@@]12CCN(C(=O)N(C)[C@H](C)c1cc(C(F)(F)F)cc(C(F)(F)F)c1)[C@@H](c1ccc(F)cc1C)C2. The topological polar surface area (TPSA) is 61.9 Å². The number of likely N-dealkylation sites (tertiary alicyclic amines) is 1. The molecule has 2 heterocycles. The zero-order chi connectivity index (χ0) is 31.2. The maximum atomic E-state index is 14.0. The van der Waals surface area contributed by atoms with Gasteiger partial charge in [0.05, 0.1) is 36.2 Å². The molecule has 4 atom stereocenters. The molecule has 2 aliphatic heterocycles. The van der Waals surface area contributed by atoms with Crippen LogP contribution >= 0.6 is 0 Å². The zero-order valence-corrected chi connectivity index (χ0v) is 23.5. The van der Waals surface area contributed by atoms with E-state index in [0.29, 0.717) is 42.6 Å². The van der Waals surface area contributed by atoms with E-state index in [-0.39, 0.29) is 24.6 Å². The van der Waals surface area contributed by atoms with Gasteiger partial charge in [-0.05, 0) is 86.7 Å². The Balaban J connectivity index is 1.71. The molecule has 2 aromatic rings. The minimum Gasteiger partial charge on any atom is -0.469 e. The van der Waals surface area contributed by atoms with Gasteiger partial charge < -0.3 is 19.9 Å². The Bertz CT molecular complexity index is 1310. The Morgan fingerprint density at radius 3 is 2.24 bits per heavy atom. The highest BCUT2D eigenvalue weighted by atomic mass is 19.4. The lowest BCUT2D eigenvalue weighted by Crippen LogP contribution is -2.58. The van der Waals surface area contributed by atoms with Crippen molar-refractivity contribution in [3.8, 4) is 0 Å². The summed E-state index contributed by atoms with van der Waals surface area (Å²) in [6, 6.07) is 2.90. The molecule has 6 nitrogen and oxygen atoms in total. The van der Waals surface area contributed by atoms with E-state index in [0.717, 1.165) is 4.90 Å². The average molecular weight is 604 g/mol. The summed E-state index contributed by atoms with van der Waals surface area (Å²) in [5.41, 5.74) is -2.84. The molecule has 0 aliphatic carbocycles. The first kappa shape index (κ1) is 31.6. The summed E-state index contributed by atoms with van der Waals surface area (Å²) < 4.78 is 100.0. The molecule has 230 valence electrons. The van der Waals surface area contributed by atoms with E-state index in [9.17, 15) is 40.3 Å². The molecule has 0 radical (unpaired) electrons. The van der Waals surface area contributed by atoms with Gasteiger partial charge in [0.25, 0.3) is 0 Å². The average Bonchev–Trinajstić information content (AvgIpc) is 3.32. The van der Waals surface area contributed by atoms with E-state index in [4.69, 9.17) is 4.74 Å². The van der Waals surface area contributed by atoms with E-state index in [1.54, 1.807) is 13.0 Å². The lowest BCUT2D eigenvalue weighted by Gasteiger charge is -2.48. The standard InChI is InChI=1S/C29H32F7N3O3/c1-16-11-21(30)5-6-22(16)24-15-27(23(7-9-37-27)25(40)42-4)8-10-39(24)26(41)38(3)17(2)18-12-19(28(31,32)33)14-20(13-18)29(34,35)36/h5-6,11-14,17,23-24,37H,7-10,15H2,1-4H3/t17-,23-,24-,27-/m1/s1. The highest BCUT2D eigenvalue weighted by Crippen LogP contribution is 2.46. The summed E-state index contributed by atoms with van der Waals surface area (Å²) in [4.78, 5) is 29.2. The Morgan fingerprint density at radius 2 is 1.69 bits per heavy atom. The molecule has 42 heavy (non-hydrogen) atoms. The van der Waals surface area contributed by atoms with Crippen LogP contribution in [0.2, 0.25) is 0 Å². The van der Waals surface area contributed by atoms with Gasteiger partial charge in [-0.2, -0.15) is 26.3 Å². The van der Waals surface area contributed by atoms with Crippen LogP contribution in [0.1, 0.15) is 66.1 Å². The van der Waals surface area contributed by atoms with Crippen LogP contribution < -0.4 is 5.32 Å². The summed E-state index contributed by atoms with van der Waals surface area (Å²) in [5, 5.41) is 3.41. The number of nitrogens with one attached hydrogen (secondary N) is 1. The van der Waals surface area contributed by atoms with E-state index >= 15 is 0 Å². The Kier molecular flexibility index (Phi) is 8.56. The third-order valence-corrected chi connectivity index (χ3v) is 8.61. The van der Waals surface area contributed by atoms with Crippen LogP contribution in [-0.2, 0) is 21.9 Å². The second-order valence-electron chi connectivity index (χ2n) is 11.0. The van der Waals surface area contributed by atoms with Gasteiger partial charge in [0.1, 0.15) is 5.82 Å². The smallest absolute Gasteiger partial charge is 0.416 e. The summed E-state index contributed by atoms with van der Waals surface area (Å²) >= 11 is 0. The normalized spacial score (nSPS) is 23.6. The van der Waals surface area contributed by atoms with Crippen LogP contribution in [0.3, 0.4) is 0 Å². The molecular formula is C29H32F7N3O3. The number of carbonyl (C=O) groups is 2. The van der Waals surface area contributed by atoms with Crippen molar-refractivity contribution in [3.63, 3.8) is 0 Å². The number of urea groups is 1. The van der Waals surface area contributed by atoms with Crippen molar-refractivity contribution < 1.29 is 45.1 Å². The number of alkyl halides is 6. The highest BCUT2D eigenvalue weighted by molar-refractivity contribution is 5.77. The Labute approximate surface area is 238 Å². The number of hydrogen-bond acceptors (Lipinski definition) is 4. The van der Waals surface area contributed by atoms with E-state index in [1.807, 2.05) is 0 Å². The molecule has 2 saturated heterocycles. The molecule has 0 bridgehead atoms. The quantitative estimate of drug-likeness (QED) is 0.315. The van der Waals surface area contributed by atoms with Crippen LogP contribution in [0.25, 0.3) is 0 Å². The number of nitrogens with zero attached hydrogens (tertiary/aromatic N) is 2. The fraction of sp³-hybridized carbons (Fsp3) is 0.517. The molecule has 2 aromatic carbocycles. The van der Waals surface area contributed by atoms with Crippen molar-refractivity contribution in [2.75, 3.05) is 27.2 Å². The Hall–Kier alpha value is -3.35. The van der Waals surface area contributed by atoms with Gasteiger partial charge in [-0.3, -0.25) is 4.79 Å². The third-order valence-electron chi connectivity index (χ3n) is 8.61. The van der Waals surface area contributed by atoms with Gasteiger partial charge in [-0.15, -0.1) is 0 Å². The largest absolute Gasteiger partial charge is 0.469 e. The summed E-state index contributed by atoms with van der Waals surface area (Å²) in [7, 11) is 2.60. The molecule has 4 rings (SSSR count). The molecule has 2 amide bonds. The summed E-state index contributed by atoms with van der Waals surface area (Å²) in [5.74, 6) is -1.38. The maximum Gasteiger partial charge on any atom is 0.416 e. The number of halogens is 7. The van der Waals surface area contributed by atoms with Crippen LogP contribution in [0.5, 0.6) is 0 Å². The zero-order valence-electron chi connectivity index (χ0n) is 23.5. The van der Waals surface area contributed by atoms with Crippen molar-refractivity contribution in [1.82, 2.24) is 15.1 Å². The number of rotatable bonds is 4. The number of hydrogen-bond donors (Lipinski definition) is 1. The number of benzene rings is 2. The monoisotopic (exact) mass is 603 g/mol. The fourth-order valence-electron chi connectivity index (χ4n) is 6.19. The fourth-order valence-corrected chi connectivity index (χ4v) is 6.19. The van der Waals surface area contributed by atoms with E-state index in [1.165, 1.54) is 38.1 Å². The maximum absolute atomic E-state index is 14.0. The van der Waals surface area contributed by atoms with Gasteiger partial charge in [-0.1, -0.05) is 6.07 Å². The third kappa shape index (κ3) is 6.06. The molecule has 0 saturated carbocycles. The minimum atomic E-state index is -5.03. The molecule has 13 heteroatoms.